The van der Waals surface area contributed by atoms with Crippen LogP contribution in [0.3, 0.4) is 0 Å². The highest BCUT2D eigenvalue weighted by molar-refractivity contribution is 8.01. The molecule has 1 saturated heterocycles. The molecule has 1 heterocycles. The van der Waals surface area contributed by atoms with Crippen molar-refractivity contribution in [3.63, 3.8) is 0 Å². The number of hydrogen-bond acceptors (Lipinski definition) is 3. The second kappa shape index (κ2) is 5.95. The van der Waals surface area contributed by atoms with Gasteiger partial charge in [0.05, 0.1) is 0 Å². The van der Waals surface area contributed by atoms with Crippen molar-refractivity contribution >= 4 is 17.7 Å². The first kappa shape index (κ1) is 14.6. The highest BCUT2D eigenvalue weighted by Gasteiger charge is 2.41. The lowest BCUT2D eigenvalue weighted by atomic mass is 9.98. The highest BCUT2D eigenvalue weighted by atomic mass is 32.2. The predicted molar refractivity (Wildman–Crippen MR) is 58.2 cm³/mol. The van der Waals surface area contributed by atoms with Crippen LogP contribution in [-0.2, 0) is 9.53 Å². The van der Waals surface area contributed by atoms with E-state index in [1.54, 1.807) is 0 Å². The molecule has 1 rings (SSSR count). The van der Waals surface area contributed by atoms with Crippen LogP contribution in [0.15, 0.2) is 0 Å². The van der Waals surface area contributed by atoms with E-state index < -0.39 is 23.5 Å². The topological polar surface area (TPSA) is 46.5 Å². The van der Waals surface area contributed by atoms with E-state index in [1.807, 2.05) is 0 Å². The van der Waals surface area contributed by atoms with Crippen molar-refractivity contribution < 1.29 is 27.8 Å². The molecule has 0 spiro atoms. The van der Waals surface area contributed by atoms with Crippen molar-refractivity contribution in [3.05, 3.63) is 0 Å². The smallest absolute Gasteiger partial charge is 0.411 e. The van der Waals surface area contributed by atoms with E-state index in [1.165, 1.54) is 11.8 Å². The zero-order valence-electron chi connectivity index (χ0n) is 9.26. The Morgan fingerprint density at radius 3 is 2.65 bits per heavy atom. The fraction of sp³-hybridized carbons (Fsp3) is 0.900. The summed E-state index contributed by atoms with van der Waals surface area (Å²) in [6.07, 6.45) is -2.17. The first-order valence-corrected chi connectivity index (χ1v) is 6.36. The van der Waals surface area contributed by atoms with E-state index in [2.05, 4.69) is 4.74 Å². The molecule has 0 saturated carbocycles. The molecule has 1 fully saturated rings. The van der Waals surface area contributed by atoms with Gasteiger partial charge in [-0.15, -0.1) is 11.8 Å². The number of hydrogen-bond donors (Lipinski definition) is 1. The van der Waals surface area contributed by atoms with Crippen molar-refractivity contribution in [3.8, 4) is 0 Å². The van der Waals surface area contributed by atoms with Gasteiger partial charge in [-0.2, -0.15) is 13.2 Å². The second-order valence-electron chi connectivity index (χ2n) is 4.02. The summed E-state index contributed by atoms with van der Waals surface area (Å²) >= 11 is 1.38. The lowest BCUT2D eigenvalue weighted by Crippen LogP contribution is -2.32. The molecule has 0 aromatic rings. The van der Waals surface area contributed by atoms with E-state index in [-0.39, 0.29) is 6.61 Å². The fourth-order valence-electron chi connectivity index (χ4n) is 1.82. The van der Waals surface area contributed by atoms with Gasteiger partial charge >= 0.3 is 12.1 Å². The molecular formula is C10H15F3O3S. The molecule has 1 aliphatic rings. The molecule has 100 valence electrons. The maximum absolute atomic E-state index is 11.8. The van der Waals surface area contributed by atoms with Crippen molar-refractivity contribution in [1.82, 2.24) is 0 Å². The molecule has 1 aliphatic heterocycles. The first-order chi connectivity index (χ1) is 7.86. The lowest BCUT2D eigenvalue weighted by molar-refractivity contribution is -0.174. The van der Waals surface area contributed by atoms with E-state index >= 15 is 0 Å². The van der Waals surface area contributed by atoms with Gasteiger partial charge in [-0.3, -0.25) is 4.79 Å². The predicted octanol–water partition coefficient (Wildman–Crippen LogP) is 2.70. The first-order valence-electron chi connectivity index (χ1n) is 5.38. The Kier molecular flexibility index (Phi) is 5.12. The minimum Gasteiger partial charge on any atom is -0.480 e. The largest absolute Gasteiger partial charge is 0.480 e. The number of carboxylic acid groups (broad SMARTS) is 1. The Morgan fingerprint density at radius 2 is 2.18 bits per heavy atom. The molecule has 0 aromatic carbocycles. The summed E-state index contributed by atoms with van der Waals surface area (Å²) in [5.41, 5.74) is 0. The number of alkyl halides is 3. The Bertz CT molecular complexity index is 262. The number of ether oxygens (including phenoxy) is 1. The summed E-state index contributed by atoms with van der Waals surface area (Å²) in [6.45, 7) is -1.31. The number of thioether (sulfide) groups is 1. The van der Waals surface area contributed by atoms with E-state index in [0.717, 1.165) is 12.2 Å². The van der Waals surface area contributed by atoms with Gasteiger partial charge in [0.25, 0.3) is 0 Å². The van der Waals surface area contributed by atoms with Gasteiger partial charge in [0.15, 0.2) is 0 Å². The Hall–Kier alpha value is -0.430. The summed E-state index contributed by atoms with van der Waals surface area (Å²) in [5, 5.41) is 9.11. The molecule has 17 heavy (non-hydrogen) atoms. The fourth-order valence-corrected chi connectivity index (χ4v) is 3.20. The quantitative estimate of drug-likeness (QED) is 0.755. The van der Waals surface area contributed by atoms with Crippen LogP contribution in [-0.4, -0.2) is 41.0 Å². The molecule has 0 bridgehead atoms. The molecule has 1 unspecified atom stereocenters. The van der Waals surface area contributed by atoms with E-state index in [4.69, 9.17) is 5.11 Å². The standard InChI is InChI=1S/C10H15F3O3S/c11-10(12,13)7-16-5-1-3-9(8(14)15)4-2-6-17-9/h1-7H2,(H,14,15). The third-order valence-electron chi connectivity index (χ3n) is 2.63. The third kappa shape index (κ3) is 4.75. The van der Waals surface area contributed by atoms with Gasteiger partial charge in [0.2, 0.25) is 0 Å². The molecular weight excluding hydrogens is 257 g/mol. The summed E-state index contributed by atoms with van der Waals surface area (Å²) in [6, 6.07) is 0. The SMILES string of the molecule is O=C(O)C1(CCCOCC(F)(F)F)CCCS1. The number of carboxylic acids is 1. The molecule has 3 nitrogen and oxygen atoms in total. The molecule has 0 aromatic heterocycles. The van der Waals surface area contributed by atoms with Gasteiger partial charge in [-0.05, 0) is 31.4 Å². The summed E-state index contributed by atoms with van der Waals surface area (Å²) < 4.78 is 38.9. The molecule has 0 radical (unpaired) electrons. The zero-order chi connectivity index (χ0) is 12.9. The Labute approximate surface area is 102 Å². The van der Waals surface area contributed by atoms with Crippen molar-refractivity contribution in [2.75, 3.05) is 19.0 Å². The van der Waals surface area contributed by atoms with E-state index in [0.29, 0.717) is 19.3 Å². The third-order valence-corrected chi connectivity index (χ3v) is 4.26. The van der Waals surface area contributed by atoms with Crippen LogP contribution in [0.5, 0.6) is 0 Å². The van der Waals surface area contributed by atoms with Gasteiger partial charge in [0.1, 0.15) is 11.4 Å². The van der Waals surface area contributed by atoms with Crippen LogP contribution in [0.4, 0.5) is 13.2 Å². The van der Waals surface area contributed by atoms with Crippen molar-refractivity contribution in [2.45, 2.75) is 36.6 Å². The molecule has 0 aliphatic carbocycles. The van der Waals surface area contributed by atoms with Crippen LogP contribution in [0.2, 0.25) is 0 Å². The van der Waals surface area contributed by atoms with Crippen molar-refractivity contribution in [1.29, 1.82) is 0 Å². The average molecular weight is 272 g/mol. The number of rotatable bonds is 6. The Balaban J connectivity index is 2.23. The average Bonchev–Trinajstić information content (AvgIpc) is 2.65. The molecule has 0 amide bonds. The molecule has 7 heteroatoms. The number of aliphatic carboxylic acids is 1. The van der Waals surface area contributed by atoms with Crippen molar-refractivity contribution in [2.24, 2.45) is 0 Å². The van der Waals surface area contributed by atoms with Gasteiger partial charge in [-0.25, -0.2) is 0 Å². The normalized spacial score (nSPS) is 25.1. The van der Waals surface area contributed by atoms with Gasteiger partial charge in [0, 0.05) is 6.61 Å². The Morgan fingerprint density at radius 1 is 1.47 bits per heavy atom. The lowest BCUT2D eigenvalue weighted by Gasteiger charge is -2.22. The molecule has 1 N–H and O–H groups in total. The van der Waals surface area contributed by atoms with Crippen LogP contribution >= 0.6 is 11.8 Å². The van der Waals surface area contributed by atoms with Gasteiger partial charge < -0.3 is 9.84 Å². The minimum atomic E-state index is -4.31. The minimum absolute atomic E-state index is 0.0465. The van der Waals surface area contributed by atoms with E-state index in [9.17, 15) is 18.0 Å². The summed E-state index contributed by atoms with van der Waals surface area (Å²) in [5.74, 6) is -0.0637. The van der Waals surface area contributed by atoms with Gasteiger partial charge in [-0.1, -0.05) is 0 Å². The highest BCUT2D eigenvalue weighted by Crippen LogP contribution is 2.41. The van der Waals surface area contributed by atoms with Crippen LogP contribution in [0, 0.1) is 0 Å². The van der Waals surface area contributed by atoms with Crippen LogP contribution < -0.4 is 0 Å². The molecule has 1 atom stereocenters. The zero-order valence-corrected chi connectivity index (χ0v) is 10.1. The summed E-state index contributed by atoms with van der Waals surface area (Å²) in [4.78, 5) is 11.1. The number of halogens is 3. The summed E-state index contributed by atoms with van der Waals surface area (Å²) in [7, 11) is 0. The van der Waals surface area contributed by atoms with Crippen LogP contribution in [0.25, 0.3) is 0 Å². The monoisotopic (exact) mass is 272 g/mol. The maximum atomic E-state index is 11.8. The number of carbonyl (C=O) groups is 1. The van der Waals surface area contributed by atoms with Crippen LogP contribution in [0.1, 0.15) is 25.7 Å². The second-order valence-corrected chi connectivity index (χ2v) is 5.50. The maximum Gasteiger partial charge on any atom is 0.411 e.